The molecule has 1 aromatic carbocycles. The van der Waals surface area contributed by atoms with Crippen LogP contribution in [0.4, 0.5) is 9.39 Å². The van der Waals surface area contributed by atoms with E-state index in [0.717, 1.165) is 17.1 Å². The van der Waals surface area contributed by atoms with Gasteiger partial charge in [0.1, 0.15) is 28.2 Å². The first-order chi connectivity index (χ1) is 11.7. The number of ether oxygens (including phenoxy) is 1. The molecule has 0 spiro atoms. The van der Waals surface area contributed by atoms with Crippen LogP contribution in [0.5, 0.6) is 11.6 Å². The van der Waals surface area contributed by atoms with Gasteiger partial charge in [0.15, 0.2) is 5.15 Å². The molecule has 24 heavy (non-hydrogen) atoms. The van der Waals surface area contributed by atoms with Crippen LogP contribution < -0.4 is 10.1 Å². The molecule has 0 unspecified atom stereocenters. The van der Waals surface area contributed by atoms with Gasteiger partial charge in [-0.15, -0.1) is 0 Å². The third-order valence-corrected chi connectivity index (χ3v) is 4.23. The highest BCUT2D eigenvalue weighted by Gasteiger charge is 2.11. The van der Waals surface area contributed by atoms with Crippen LogP contribution in [0.1, 0.15) is 11.1 Å². The van der Waals surface area contributed by atoms with Crippen LogP contribution in [0.2, 0.25) is 5.15 Å². The maximum absolute atomic E-state index is 12.8. The number of nitrogens with zero attached hydrogens (tertiary/aromatic N) is 3. The van der Waals surface area contributed by atoms with E-state index in [0.29, 0.717) is 28.7 Å². The summed E-state index contributed by atoms with van der Waals surface area (Å²) in [6.45, 7) is 0.469. The summed E-state index contributed by atoms with van der Waals surface area (Å²) in [4.78, 5) is 4.20. The Morgan fingerprint density at radius 3 is 2.71 bits per heavy atom. The Morgan fingerprint density at radius 1 is 1.25 bits per heavy atom. The second-order valence-corrected chi connectivity index (χ2v) is 5.83. The molecule has 2 aromatic heterocycles. The fourth-order valence-corrected chi connectivity index (χ4v) is 2.80. The molecule has 0 aliphatic heterocycles. The highest BCUT2D eigenvalue weighted by Crippen LogP contribution is 2.28. The molecule has 0 atom stereocenters. The Morgan fingerprint density at radius 2 is 2.04 bits per heavy atom. The third-order valence-electron chi connectivity index (χ3n) is 3.05. The number of nitrogens with one attached hydrogen (secondary N) is 1. The van der Waals surface area contributed by atoms with E-state index in [-0.39, 0.29) is 11.0 Å². The van der Waals surface area contributed by atoms with Crippen LogP contribution in [-0.4, -0.2) is 9.36 Å². The van der Waals surface area contributed by atoms with Crippen molar-refractivity contribution in [2.24, 2.45) is 0 Å². The lowest BCUT2D eigenvalue weighted by molar-refractivity contribution is 0.461. The van der Waals surface area contributed by atoms with Gasteiger partial charge < -0.3 is 10.1 Å². The fraction of sp³-hybridized carbons (Fsp3) is 0.0625. The van der Waals surface area contributed by atoms with Gasteiger partial charge in [-0.2, -0.15) is 9.64 Å². The summed E-state index contributed by atoms with van der Waals surface area (Å²) in [6.07, 6.45) is 1.65. The van der Waals surface area contributed by atoms with Crippen LogP contribution in [0.15, 0.2) is 42.6 Å². The van der Waals surface area contributed by atoms with E-state index in [4.69, 9.17) is 21.6 Å². The van der Waals surface area contributed by atoms with E-state index in [1.54, 1.807) is 12.3 Å². The minimum absolute atomic E-state index is 0.200. The molecule has 0 bridgehead atoms. The molecule has 0 aliphatic carbocycles. The van der Waals surface area contributed by atoms with E-state index < -0.39 is 0 Å². The number of hydrogen-bond donors (Lipinski definition) is 1. The highest BCUT2D eigenvalue weighted by atomic mass is 35.5. The Kier molecular flexibility index (Phi) is 4.89. The number of aromatic nitrogens is 2. The number of hydrogen-bond acceptors (Lipinski definition) is 6. The molecule has 8 heteroatoms. The zero-order valence-electron chi connectivity index (χ0n) is 12.2. The molecule has 0 radical (unpaired) electrons. The average molecular weight is 361 g/mol. The molecule has 0 fully saturated rings. The number of nitriles is 1. The summed E-state index contributed by atoms with van der Waals surface area (Å²) in [5.41, 5.74) is 1.24. The van der Waals surface area contributed by atoms with Gasteiger partial charge >= 0.3 is 0 Å². The van der Waals surface area contributed by atoms with Crippen molar-refractivity contribution >= 4 is 28.1 Å². The first kappa shape index (κ1) is 16.2. The van der Waals surface area contributed by atoms with Gasteiger partial charge in [-0.05, 0) is 41.4 Å². The van der Waals surface area contributed by atoms with Gasteiger partial charge in [0.05, 0.1) is 0 Å². The number of anilines is 1. The monoisotopic (exact) mass is 360 g/mol. The van der Waals surface area contributed by atoms with Crippen LogP contribution >= 0.6 is 23.1 Å². The van der Waals surface area contributed by atoms with Crippen molar-refractivity contribution in [1.29, 1.82) is 5.26 Å². The number of halogens is 2. The smallest absolute Gasteiger partial charge is 0.219 e. The Bertz CT molecular complexity index is 875. The lowest BCUT2D eigenvalue weighted by Crippen LogP contribution is -2.00. The lowest BCUT2D eigenvalue weighted by Gasteiger charge is -2.07. The van der Waals surface area contributed by atoms with Gasteiger partial charge in [0, 0.05) is 18.8 Å². The van der Waals surface area contributed by atoms with Gasteiger partial charge in [0.25, 0.3) is 0 Å². The van der Waals surface area contributed by atoms with Crippen molar-refractivity contribution in [2.75, 3.05) is 5.32 Å². The zero-order chi connectivity index (χ0) is 16.9. The number of rotatable bonds is 5. The summed E-state index contributed by atoms with van der Waals surface area (Å²) in [5, 5.41) is 12.9. The van der Waals surface area contributed by atoms with Crippen molar-refractivity contribution in [1.82, 2.24) is 9.36 Å². The molecular formula is C16H10ClFN4OS. The first-order valence-corrected chi connectivity index (χ1v) is 7.98. The quantitative estimate of drug-likeness (QED) is 0.719. The van der Waals surface area contributed by atoms with E-state index in [2.05, 4.69) is 14.7 Å². The second-order valence-electron chi connectivity index (χ2n) is 4.70. The molecule has 1 N–H and O–H groups in total. The van der Waals surface area contributed by atoms with Crippen LogP contribution in [0.25, 0.3) is 0 Å². The van der Waals surface area contributed by atoms with Crippen LogP contribution in [0, 0.1) is 17.1 Å². The van der Waals surface area contributed by atoms with Crippen molar-refractivity contribution in [3.63, 3.8) is 0 Å². The number of benzene rings is 1. The third kappa shape index (κ3) is 3.79. The summed E-state index contributed by atoms with van der Waals surface area (Å²) in [6, 6.07) is 11.3. The van der Waals surface area contributed by atoms with Crippen molar-refractivity contribution in [2.45, 2.75) is 6.54 Å². The van der Waals surface area contributed by atoms with Crippen molar-refractivity contribution in [3.05, 3.63) is 64.7 Å². The predicted molar refractivity (Wildman–Crippen MR) is 89.9 cm³/mol. The topological polar surface area (TPSA) is 70.8 Å². The maximum atomic E-state index is 12.8. The van der Waals surface area contributed by atoms with E-state index in [1.165, 1.54) is 24.3 Å². The molecule has 3 aromatic rings. The molecule has 0 saturated carbocycles. The fourth-order valence-electron chi connectivity index (χ4n) is 1.87. The SMILES string of the molecule is N#Cc1c(Cl)nsc1NCc1ccc(Oc2ccc(F)cc2)nc1. The Labute approximate surface area is 146 Å². The van der Waals surface area contributed by atoms with Crippen LogP contribution in [0.3, 0.4) is 0 Å². The molecule has 0 aliphatic rings. The van der Waals surface area contributed by atoms with Crippen molar-refractivity contribution in [3.8, 4) is 17.7 Å². The number of pyridine rings is 1. The molecular weight excluding hydrogens is 351 g/mol. The largest absolute Gasteiger partial charge is 0.439 e. The van der Waals surface area contributed by atoms with E-state index in [1.807, 2.05) is 12.1 Å². The Balaban J connectivity index is 1.62. The molecule has 0 amide bonds. The van der Waals surface area contributed by atoms with E-state index >= 15 is 0 Å². The zero-order valence-corrected chi connectivity index (χ0v) is 13.7. The summed E-state index contributed by atoms with van der Waals surface area (Å²) in [7, 11) is 0. The van der Waals surface area contributed by atoms with Crippen LogP contribution in [-0.2, 0) is 6.54 Å². The normalized spacial score (nSPS) is 10.2. The van der Waals surface area contributed by atoms with E-state index in [9.17, 15) is 4.39 Å². The van der Waals surface area contributed by atoms with Gasteiger partial charge in [-0.1, -0.05) is 17.7 Å². The Hall–Kier alpha value is -2.69. The van der Waals surface area contributed by atoms with Gasteiger partial charge in [-0.25, -0.2) is 9.37 Å². The minimum atomic E-state index is -0.323. The van der Waals surface area contributed by atoms with Crippen molar-refractivity contribution < 1.29 is 9.13 Å². The second kappa shape index (κ2) is 7.25. The minimum Gasteiger partial charge on any atom is -0.439 e. The summed E-state index contributed by atoms with van der Waals surface area (Å²) in [5.74, 6) is 0.591. The predicted octanol–water partition coefficient (Wildman–Crippen LogP) is 4.61. The summed E-state index contributed by atoms with van der Waals surface area (Å²) >= 11 is 6.95. The standard InChI is InChI=1S/C16H10ClFN4OS/c17-15-13(7-19)16(24-22-15)21-9-10-1-6-14(20-8-10)23-12-4-2-11(18)3-5-12/h1-6,8,21H,9H2. The average Bonchev–Trinajstić information content (AvgIpc) is 2.96. The van der Waals surface area contributed by atoms with Gasteiger partial charge in [0.2, 0.25) is 5.88 Å². The molecule has 0 saturated heterocycles. The highest BCUT2D eigenvalue weighted by molar-refractivity contribution is 7.10. The molecule has 120 valence electrons. The van der Waals surface area contributed by atoms with Gasteiger partial charge in [-0.3, -0.25) is 0 Å². The molecule has 2 heterocycles. The first-order valence-electron chi connectivity index (χ1n) is 6.83. The molecule has 5 nitrogen and oxygen atoms in total. The lowest BCUT2D eigenvalue weighted by atomic mass is 10.3. The maximum Gasteiger partial charge on any atom is 0.219 e. The summed E-state index contributed by atoms with van der Waals surface area (Å²) < 4.78 is 22.3. The molecule has 3 rings (SSSR count).